The van der Waals surface area contributed by atoms with Crippen molar-refractivity contribution < 1.29 is 9.59 Å². The molecule has 0 aromatic rings. The predicted octanol–water partition coefficient (Wildman–Crippen LogP) is 1.65. The van der Waals surface area contributed by atoms with Gasteiger partial charge < -0.3 is 0 Å². The van der Waals surface area contributed by atoms with E-state index in [1.54, 1.807) is 0 Å². The van der Waals surface area contributed by atoms with E-state index >= 15 is 0 Å². The summed E-state index contributed by atoms with van der Waals surface area (Å²) in [4.78, 5) is 26.3. The fourth-order valence-electron chi connectivity index (χ4n) is 1.98. The molecule has 2 rings (SSSR count). The number of hydrogen-bond donors (Lipinski definition) is 0. The van der Waals surface area contributed by atoms with Crippen LogP contribution in [-0.2, 0) is 9.59 Å². The van der Waals surface area contributed by atoms with Crippen LogP contribution in [0.15, 0.2) is 16.7 Å². The Morgan fingerprint density at radius 1 is 1.62 bits per heavy atom. The standard InChI is InChI=1S/C11H15BNO2P/c14-7-16-11-12-6-9(13-11)4-5-10(15)8-2-1-3-8/h6-8,12,16H,1-5H2. The third-order valence-electron chi connectivity index (χ3n) is 3.22. The van der Waals surface area contributed by atoms with Crippen molar-refractivity contribution in [3.63, 3.8) is 0 Å². The molecule has 1 saturated carbocycles. The predicted molar refractivity (Wildman–Crippen MR) is 69.3 cm³/mol. The van der Waals surface area contributed by atoms with E-state index in [-0.39, 0.29) is 8.58 Å². The number of carbonyl (C=O) groups is 2. The minimum atomic E-state index is 0.192. The van der Waals surface area contributed by atoms with Crippen molar-refractivity contribution in [1.29, 1.82) is 0 Å². The monoisotopic (exact) mass is 235 g/mol. The van der Waals surface area contributed by atoms with Gasteiger partial charge in [0.05, 0.1) is 0 Å². The van der Waals surface area contributed by atoms with E-state index in [0.29, 0.717) is 18.1 Å². The fourth-order valence-corrected chi connectivity index (χ4v) is 2.55. The summed E-state index contributed by atoms with van der Waals surface area (Å²) in [7, 11) is 0.988. The van der Waals surface area contributed by atoms with Crippen LogP contribution in [0, 0.1) is 5.92 Å². The van der Waals surface area contributed by atoms with Gasteiger partial charge in [0.15, 0.2) is 0 Å². The van der Waals surface area contributed by atoms with Gasteiger partial charge in [-0.3, -0.25) is 14.6 Å². The Hall–Kier alpha value is -0.755. The van der Waals surface area contributed by atoms with Crippen LogP contribution in [0.2, 0.25) is 0 Å². The van der Waals surface area contributed by atoms with Crippen LogP contribution in [0.1, 0.15) is 32.1 Å². The van der Waals surface area contributed by atoms with Crippen LogP contribution in [0.25, 0.3) is 0 Å². The van der Waals surface area contributed by atoms with E-state index in [4.69, 9.17) is 0 Å². The van der Waals surface area contributed by atoms with Crippen LogP contribution in [0.5, 0.6) is 0 Å². The highest BCUT2D eigenvalue weighted by molar-refractivity contribution is 7.77. The molecular formula is C11H15BNO2P. The molecule has 0 spiro atoms. The molecule has 0 N–H and O–H groups in total. The number of ketones is 1. The van der Waals surface area contributed by atoms with Crippen molar-refractivity contribution in [3.05, 3.63) is 11.7 Å². The fraction of sp³-hybridized carbons (Fsp3) is 0.545. The Morgan fingerprint density at radius 2 is 2.44 bits per heavy atom. The van der Waals surface area contributed by atoms with Gasteiger partial charge in [-0.15, -0.1) is 0 Å². The van der Waals surface area contributed by atoms with Crippen molar-refractivity contribution in [2.75, 3.05) is 0 Å². The van der Waals surface area contributed by atoms with Gasteiger partial charge in [0.1, 0.15) is 11.8 Å². The molecule has 2 aliphatic rings. The minimum absolute atomic E-state index is 0.192. The molecular weight excluding hydrogens is 220 g/mol. The van der Waals surface area contributed by atoms with E-state index in [2.05, 4.69) is 4.99 Å². The first kappa shape index (κ1) is 11.7. The number of allylic oxidation sites excluding steroid dienone is 1. The van der Waals surface area contributed by atoms with Gasteiger partial charge in [-0.2, -0.15) is 0 Å². The Labute approximate surface area is 97.8 Å². The molecule has 0 saturated heterocycles. The van der Waals surface area contributed by atoms with E-state index in [1.807, 2.05) is 5.98 Å². The normalized spacial score (nSPS) is 20.2. The molecule has 3 nitrogen and oxygen atoms in total. The Kier molecular flexibility index (Phi) is 4.06. The number of Topliss-reactive ketones (excluding diaryl/α,β-unsaturated/α-hetero) is 1. The number of rotatable bonds is 6. The topological polar surface area (TPSA) is 46.5 Å². The van der Waals surface area contributed by atoms with Gasteiger partial charge in [0, 0.05) is 23.4 Å². The summed E-state index contributed by atoms with van der Waals surface area (Å²) in [6.45, 7) is 0. The third-order valence-corrected chi connectivity index (χ3v) is 3.99. The third kappa shape index (κ3) is 2.88. The number of nitrogens with zero attached hydrogens (tertiary/aromatic N) is 1. The molecule has 5 heteroatoms. The molecule has 1 fully saturated rings. The largest absolute Gasteiger partial charge is 0.299 e. The molecule has 1 unspecified atom stereocenters. The molecule has 0 aromatic carbocycles. The van der Waals surface area contributed by atoms with Crippen LogP contribution in [0.3, 0.4) is 0 Å². The summed E-state index contributed by atoms with van der Waals surface area (Å²) in [5, 5.41) is 0.959. The highest BCUT2D eigenvalue weighted by atomic mass is 31.1. The molecule has 84 valence electrons. The minimum Gasteiger partial charge on any atom is -0.299 e. The van der Waals surface area contributed by atoms with Gasteiger partial charge in [-0.25, -0.2) is 0 Å². The molecule has 0 aromatic heterocycles. The van der Waals surface area contributed by atoms with E-state index in [1.165, 1.54) is 6.42 Å². The second kappa shape index (κ2) is 5.54. The molecule has 0 radical (unpaired) electrons. The molecule has 1 heterocycles. The second-order valence-electron chi connectivity index (χ2n) is 4.31. The summed E-state index contributed by atoms with van der Waals surface area (Å²) in [6.07, 6.45) is 4.75. The summed E-state index contributed by atoms with van der Waals surface area (Å²) in [5.41, 5.74) is 0.997. The molecule has 16 heavy (non-hydrogen) atoms. The summed E-state index contributed by atoms with van der Waals surface area (Å²) in [5.74, 6) is 2.77. The van der Waals surface area contributed by atoms with Gasteiger partial charge in [-0.05, 0) is 27.8 Å². The van der Waals surface area contributed by atoms with Crippen LogP contribution in [-0.4, -0.2) is 24.4 Å². The van der Waals surface area contributed by atoms with Crippen molar-refractivity contribution >= 4 is 33.0 Å². The first-order valence-corrected chi connectivity index (χ1v) is 6.87. The molecule has 1 aliphatic carbocycles. The maximum atomic E-state index is 11.7. The zero-order chi connectivity index (χ0) is 11.4. The van der Waals surface area contributed by atoms with E-state index in [0.717, 1.165) is 43.6 Å². The average molecular weight is 235 g/mol. The highest BCUT2D eigenvalue weighted by Gasteiger charge is 2.24. The van der Waals surface area contributed by atoms with Gasteiger partial charge in [-0.1, -0.05) is 12.4 Å². The Morgan fingerprint density at radius 3 is 3.06 bits per heavy atom. The lowest BCUT2D eigenvalue weighted by atomic mass is 9.79. The van der Waals surface area contributed by atoms with Crippen LogP contribution >= 0.6 is 8.58 Å². The average Bonchev–Trinajstić information content (AvgIpc) is 2.61. The van der Waals surface area contributed by atoms with Crippen molar-refractivity contribution in [1.82, 2.24) is 0 Å². The SMILES string of the molecule is O=CPC1=NC(CCC(=O)C2CCC2)=CB1. The zero-order valence-corrected chi connectivity index (χ0v) is 10.2. The second-order valence-corrected chi connectivity index (χ2v) is 5.42. The number of aliphatic imine (C=N–C) groups is 1. The van der Waals surface area contributed by atoms with E-state index in [9.17, 15) is 9.59 Å². The van der Waals surface area contributed by atoms with Crippen LogP contribution in [0.4, 0.5) is 0 Å². The summed E-state index contributed by atoms with van der Waals surface area (Å²) >= 11 is 0. The lowest BCUT2D eigenvalue weighted by Gasteiger charge is -2.23. The molecule has 1 atom stereocenters. The number of hydrogen-bond acceptors (Lipinski definition) is 3. The molecule has 1 aliphatic heterocycles. The first-order chi connectivity index (χ1) is 7.79. The molecule has 0 amide bonds. The quantitative estimate of drug-likeness (QED) is 0.399. The highest BCUT2D eigenvalue weighted by Crippen LogP contribution is 2.29. The molecule has 0 bridgehead atoms. The summed E-state index contributed by atoms with van der Waals surface area (Å²) in [6, 6.07) is 0.912. The van der Waals surface area contributed by atoms with Crippen molar-refractivity contribution in [3.8, 4) is 0 Å². The number of carbonyl (C=O) groups excluding carboxylic acids is 2. The Bertz CT molecular complexity index is 361. The lowest BCUT2D eigenvalue weighted by molar-refractivity contribution is -0.125. The zero-order valence-electron chi connectivity index (χ0n) is 9.24. The van der Waals surface area contributed by atoms with E-state index < -0.39 is 0 Å². The van der Waals surface area contributed by atoms with Crippen LogP contribution < -0.4 is 0 Å². The maximum Gasteiger partial charge on any atom is 0.210 e. The van der Waals surface area contributed by atoms with Gasteiger partial charge in [0.2, 0.25) is 7.28 Å². The van der Waals surface area contributed by atoms with Crippen molar-refractivity contribution in [2.24, 2.45) is 10.9 Å². The van der Waals surface area contributed by atoms with Gasteiger partial charge in [0.25, 0.3) is 0 Å². The lowest BCUT2D eigenvalue weighted by Crippen LogP contribution is -2.21. The first-order valence-electron chi connectivity index (χ1n) is 5.79. The van der Waals surface area contributed by atoms with Gasteiger partial charge >= 0.3 is 0 Å². The summed E-state index contributed by atoms with van der Waals surface area (Å²) < 4.78 is 0. The maximum absolute atomic E-state index is 11.7. The smallest absolute Gasteiger partial charge is 0.210 e. The van der Waals surface area contributed by atoms with Crippen molar-refractivity contribution in [2.45, 2.75) is 32.1 Å². The Balaban J connectivity index is 1.74.